The van der Waals surface area contributed by atoms with Crippen molar-refractivity contribution in [2.24, 2.45) is 0 Å². The standard InChI is InChI=1S/C13H16FN3O3/c1-20-12(18)9-16-4-6-17(7-5-16)13(19)10-2-3-11(14)15-8-10/h2-3,8H,4-7,9H2,1H3. The fraction of sp³-hybridized carbons (Fsp3) is 0.462. The first kappa shape index (κ1) is 14.4. The van der Waals surface area contributed by atoms with E-state index in [0.29, 0.717) is 31.7 Å². The minimum absolute atomic E-state index is 0.171. The van der Waals surface area contributed by atoms with Crippen LogP contribution in [0.15, 0.2) is 18.3 Å². The SMILES string of the molecule is COC(=O)CN1CCN(C(=O)c2ccc(F)nc2)CC1. The lowest BCUT2D eigenvalue weighted by Crippen LogP contribution is -2.50. The molecule has 0 aromatic carbocycles. The Morgan fingerprint density at radius 1 is 1.30 bits per heavy atom. The minimum atomic E-state index is -0.607. The summed E-state index contributed by atoms with van der Waals surface area (Å²) in [7, 11) is 1.35. The fourth-order valence-electron chi connectivity index (χ4n) is 2.04. The summed E-state index contributed by atoms with van der Waals surface area (Å²) >= 11 is 0. The van der Waals surface area contributed by atoms with Crippen LogP contribution in [0.2, 0.25) is 0 Å². The lowest BCUT2D eigenvalue weighted by molar-refractivity contribution is -0.142. The van der Waals surface area contributed by atoms with Gasteiger partial charge in [0.25, 0.3) is 5.91 Å². The Morgan fingerprint density at radius 3 is 2.55 bits per heavy atom. The van der Waals surface area contributed by atoms with Crippen molar-refractivity contribution in [1.29, 1.82) is 0 Å². The lowest BCUT2D eigenvalue weighted by atomic mass is 10.2. The van der Waals surface area contributed by atoms with E-state index in [2.05, 4.69) is 9.72 Å². The number of carbonyl (C=O) groups is 2. The molecule has 0 radical (unpaired) electrons. The quantitative estimate of drug-likeness (QED) is 0.583. The molecule has 0 unspecified atom stereocenters. The zero-order valence-electron chi connectivity index (χ0n) is 11.2. The third-order valence-corrected chi connectivity index (χ3v) is 3.21. The smallest absolute Gasteiger partial charge is 0.319 e. The van der Waals surface area contributed by atoms with Crippen LogP contribution in [0.25, 0.3) is 0 Å². The number of pyridine rings is 1. The molecule has 0 atom stereocenters. The maximum absolute atomic E-state index is 12.7. The van der Waals surface area contributed by atoms with Gasteiger partial charge < -0.3 is 9.64 Å². The van der Waals surface area contributed by atoms with Gasteiger partial charge in [-0.2, -0.15) is 4.39 Å². The van der Waals surface area contributed by atoms with Gasteiger partial charge in [-0.25, -0.2) is 4.98 Å². The second-order valence-corrected chi connectivity index (χ2v) is 4.51. The number of hydrogen-bond acceptors (Lipinski definition) is 5. The van der Waals surface area contributed by atoms with Crippen LogP contribution in [0.5, 0.6) is 0 Å². The van der Waals surface area contributed by atoms with Crippen molar-refractivity contribution in [1.82, 2.24) is 14.8 Å². The predicted octanol–water partition coefficient (Wildman–Crippen LogP) is 0.151. The maximum Gasteiger partial charge on any atom is 0.319 e. The van der Waals surface area contributed by atoms with E-state index in [4.69, 9.17) is 0 Å². The molecule has 0 bridgehead atoms. The largest absolute Gasteiger partial charge is 0.468 e. The van der Waals surface area contributed by atoms with Crippen LogP contribution < -0.4 is 0 Å². The molecule has 1 saturated heterocycles. The second kappa shape index (κ2) is 6.42. The zero-order chi connectivity index (χ0) is 14.5. The molecule has 108 valence electrons. The monoisotopic (exact) mass is 281 g/mol. The minimum Gasteiger partial charge on any atom is -0.468 e. The summed E-state index contributed by atoms with van der Waals surface area (Å²) in [6, 6.07) is 2.59. The first-order valence-electron chi connectivity index (χ1n) is 6.30. The topological polar surface area (TPSA) is 62.7 Å². The Labute approximate surface area is 116 Å². The van der Waals surface area contributed by atoms with Crippen LogP contribution in [-0.2, 0) is 9.53 Å². The Morgan fingerprint density at radius 2 is 2.00 bits per heavy atom. The van der Waals surface area contributed by atoms with Crippen LogP contribution in [-0.4, -0.2) is 66.5 Å². The summed E-state index contributed by atoms with van der Waals surface area (Å²) in [6.45, 7) is 2.49. The average molecular weight is 281 g/mol. The Kier molecular flexibility index (Phi) is 4.62. The molecule has 7 heteroatoms. The predicted molar refractivity (Wildman–Crippen MR) is 68.6 cm³/mol. The van der Waals surface area contributed by atoms with Crippen molar-refractivity contribution in [3.05, 3.63) is 29.8 Å². The maximum atomic E-state index is 12.7. The Hall–Kier alpha value is -2.02. The normalized spacial score (nSPS) is 16.0. The molecule has 2 heterocycles. The highest BCUT2D eigenvalue weighted by molar-refractivity contribution is 5.93. The van der Waals surface area contributed by atoms with Crippen LogP contribution in [0.1, 0.15) is 10.4 Å². The van der Waals surface area contributed by atoms with Gasteiger partial charge in [-0.05, 0) is 12.1 Å². The molecule has 1 fully saturated rings. The van der Waals surface area contributed by atoms with Crippen molar-refractivity contribution in [2.75, 3.05) is 39.8 Å². The van der Waals surface area contributed by atoms with Gasteiger partial charge in [0.15, 0.2) is 0 Å². The number of ether oxygens (including phenoxy) is 1. The molecular weight excluding hydrogens is 265 g/mol. The summed E-state index contributed by atoms with van der Waals surface area (Å²) in [6.07, 6.45) is 1.23. The fourth-order valence-corrected chi connectivity index (χ4v) is 2.04. The zero-order valence-corrected chi connectivity index (χ0v) is 11.2. The molecule has 1 aromatic heterocycles. The van der Waals surface area contributed by atoms with E-state index in [0.717, 1.165) is 0 Å². The lowest BCUT2D eigenvalue weighted by Gasteiger charge is -2.34. The summed E-state index contributed by atoms with van der Waals surface area (Å²) in [5.74, 6) is -1.06. The van der Waals surface area contributed by atoms with E-state index in [1.165, 1.54) is 25.4 Å². The highest BCUT2D eigenvalue weighted by Crippen LogP contribution is 2.08. The van der Waals surface area contributed by atoms with E-state index < -0.39 is 5.95 Å². The first-order chi connectivity index (χ1) is 9.60. The molecule has 0 saturated carbocycles. The van der Waals surface area contributed by atoms with Gasteiger partial charge in [0.1, 0.15) is 0 Å². The van der Waals surface area contributed by atoms with Crippen LogP contribution in [0, 0.1) is 5.95 Å². The van der Waals surface area contributed by atoms with Gasteiger partial charge in [-0.1, -0.05) is 0 Å². The van der Waals surface area contributed by atoms with E-state index in [9.17, 15) is 14.0 Å². The molecular formula is C13H16FN3O3. The number of amides is 1. The van der Waals surface area contributed by atoms with E-state index in [1.54, 1.807) is 4.90 Å². The highest BCUT2D eigenvalue weighted by Gasteiger charge is 2.23. The molecule has 1 aromatic rings. The number of nitrogens with zero attached hydrogens (tertiary/aromatic N) is 3. The van der Waals surface area contributed by atoms with Crippen molar-refractivity contribution >= 4 is 11.9 Å². The summed E-state index contributed by atoms with van der Waals surface area (Å²) < 4.78 is 17.3. The van der Waals surface area contributed by atoms with Crippen LogP contribution in [0.4, 0.5) is 4.39 Å². The van der Waals surface area contributed by atoms with Crippen molar-refractivity contribution in [3.8, 4) is 0 Å². The first-order valence-corrected chi connectivity index (χ1v) is 6.30. The number of esters is 1. The Balaban J connectivity index is 1.88. The summed E-state index contributed by atoms with van der Waals surface area (Å²) in [4.78, 5) is 30.4. The molecule has 2 rings (SSSR count). The number of hydrogen-bond donors (Lipinski definition) is 0. The van der Waals surface area contributed by atoms with Crippen molar-refractivity contribution in [2.45, 2.75) is 0 Å². The second-order valence-electron chi connectivity index (χ2n) is 4.51. The van der Waals surface area contributed by atoms with Crippen LogP contribution in [0.3, 0.4) is 0 Å². The molecule has 1 amide bonds. The van der Waals surface area contributed by atoms with Crippen LogP contribution >= 0.6 is 0 Å². The molecule has 0 aliphatic carbocycles. The number of halogens is 1. The third-order valence-electron chi connectivity index (χ3n) is 3.21. The molecule has 1 aliphatic rings. The Bertz CT molecular complexity index is 484. The summed E-state index contributed by atoms with van der Waals surface area (Å²) in [5.41, 5.74) is 0.368. The van der Waals surface area contributed by atoms with Crippen molar-refractivity contribution < 1.29 is 18.7 Å². The van der Waals surface area contributed by atoms with Gasteiger partial charge in [-0.3, -0.25) is 14.5 Å². The van der Waals surface area contributed by atoms with Gasteiger partial charge >= 0.3 is 5.97 Å². The molecule has 0 spiro atoms. The van der Waals surface area contributed by atoms with Gasteiger partial charge in [-0.15, -0.1) is 0 Å². The van der Waals surface area contributed by atoms with Crippen molar-refractivity contribution in [3.63, 3.8) is 0 Å². The third kappa shape index (κ3) is 3.51. The van der Waals surface area contributed by atoms with Gasteiger partial charge in [0.2, 0.25) is 5.95 Å². The number of rotatable bonds is 3. The molecule has 6 nitrogen and oxygen atoms in total. The van der Waals surface area contributed by atoms with Gasteiger partial charge in [0, 0.05) is 32.4 Å². The summed E-state index contributed by atoms with van der Waals surface area (Å²) in [5, 5.41) is 0. The number of methoxy groups -OCH3 is 1. The number of aromatic nitrogens is 1. The number of piperazine rings is 1. The molecule has 0 N–H and O–H groups in total. The number of carbonyl (C=O) groups excluding carboxylic acids is 2. The highest BCUT2D eigenvalue weighted by atomic mass is 19.1. The molecule has 20 heavy (non-hydrogen) atoms. The van der Waals surface area contributed by atoms with E-state index >= 15 is 0 Å². The van der Waals surface area contributed by atoms with E-state index in [-0.39, 0.29) is 18.4 Å². The molecule has 1 aliphatic heterocycles. The van der Waals surface area contributed by atoms with E-state index in [1.807, 2.05) is 4.90 Å². The average Bonchev–Trinajstić information content (AvgIpc) is 2.48. The van der Waals surface area contributed by atoms with Gasteiger partial charge in [0.05, 0.1) is 19.2 Å².